The number of aromatic nitrogens is 2. The average molecular weight is 234 g/mol. The van der Waals surface area contributed by atoms with Crippen molar-refractivity contribution in [2.45, 2.75) is 6.92 Å². The van der Waals surface area contributed by atoms with E-state index in [1.54, 1.807) is 24.3 Å². The van der Waals surface area contributed by atoms with Crippen molar-refractivity contribution in [3.05, 3.63) is 34.8 Å². The van der Waals surface area contributed by atoms with E-state index in [1.807, 2.05) is 6.92 Å². The highest BCUT2D eigenvalue weighted by Gasteiger charge is 2.13. The highest BCUT2D eigenvalue weighted by Crippen LogP contribution is 2.14. The molecule has 0 atom stereocenters. The van der Waals surface area contributed by atoms with E-state index < -0.39 is 0 Å². The fourth-order valence-corrected chi connectivity index (χ4v) is 1.66. The van der Waals surface area contributed by atoms with Crippen LogP contribution in [0, 0.1) is 6.92 Å². The molecule has 2 aromatic rings. The second-order valence-corrected chi connectivity index (χ2v) is 4.21. The van der Waals surface area contributed by atoms with Crippen molar-refractivity contribution in [2.24, 2.45) is 0 Å². The van der Waals surface area contributed by atoms with Gasteiger partial charge in [0.2, 0.25) is 0 Å². The van der Waals surface area contributed by atoms with E-state index in [-0.39, 0.29) is 5.91 Å². The van der Waals surface area contributed by atoms with Gasteiger partial charge in [-0.2, -0.15) is 0 Å². The molecule has 3 N–H and O–H groups in total. The zero-order valence-corrected chi connectivity index (χ0v) is 9.41. The molecular weight excluding hydrogens is 224 g/mol. The standard InChI is InChI=1S/C10H10N4OS/c1-6-9(13-14-16-6)10(15)12-8-4-2-7(11)3-5-8/h2-5H,11H2,1H3,(H,12,15). The molecule has 2 rings (SSSR count). The number of hydrogen-bond acceptors (Lipinski definition) is 5. The van der Waals surface area contributed by atoms with E-state index in [9.17, 15) is 4.79 Å². The molecule has 0 aliphatic rings. The summed E-state index contributed by atoms with van der Waals surface area (Å²) >= 11 is 1.20. The number of carbonyl (C=O) groups is 1. The van der Waals surface area contributed by atoms with Crippen molar-refractivity contribution >= 4 is 28.8 Å². The van der Waals surface area contributed by atoms with Gasteiger partial charge < -0.3 is 11.1 Å². The van der Waals surface area contributed by atoms with Crippen LogP contribution >= 0.6 is 11.5 Å². The van der Waals surface area contributed by atoms with E-state index in [0.29, 0.717) is 17.1 Å². The zero-order valence-electron chi connectivity index (χ0n) is 8.60. The van der Waals surface area contributed by atoms with Gasteiger partial charge in [0.1, 0.15) is 0 Å². The first-order valence-electron chi connectivity index (χ1n) is 4.62. The number of rotatable bonds is 2. The molecule has 0 saturated heterocycles. The van der Waals surface area contributed by atoms with Crippen LogP contribution in [0.15, 0.2) is 24.3 Å². The van der Waals surface area contributed by atoms with E-state index in [4.69, 9.17) is 5.73 Å². The van der Waals surface area contributed by atoms with Gasteiger partial charge in [-0.1, -0.05) is 4.49 Å². The van der Waals surface area contributed by atoms with Gasteiger partial charge in [0.25, 0.3) is 5.91 Å². The molecule has 16 heavy (non-hydrogen) atoms. The first kappa shape index (κ1) is 10.6. The molecule has 0 aliphatic heterocycles. The van der Waals surface area contributed by atoms with Crippen molar-refractivity contribution in [1.29, 1.82) is 0 Å². The maximum atomic E-state index is 11.7. The van der Waals surface area contributed by atoms with Crippen LogP contribution in [-0.2, 0) is 0 Å². The molecule has 1 aromatic carbocycles. The monoisotopic (exact) mass is 234 g/mol. The number of carbonyl (C=O) groups excluding carboxylic acids is 1. The lowest BCUT2D eigenvalue weighted by molar-refractivity contribution is 0.102. The number of nitrogens with two attached hydrogens (primary N) is 1. The van der Waals surface area contributed by atoms with Gasteiger partial charge in [-0.25, -0.2) is 0 Å². The molecule has 1 aromatic heterocycles. The second-order valence-electron chi connectivity index (χ2n) is 3.25. The van der Waals surface area contributed by atoms with Gasteiger partial charge in [-0.3, -0.25) is 4.79 Å². The SMILES string of the molecule is Cc1snnc1C(=O)Nc1ccc(N)cc1. The number of aryl methyl sites for hydroxylation is 1. The van der Waals surface area contributed by atoms with Gasteiger partial charge in [0.15, 0.2) is 5.69 Å². The molecule has 0 spiro atoms. The second kappa shape index (κ2) is 4.28. The van der Waals surface area contributed by atoms with Crippen LogP contribution in [0.2, 0.25) is 0 Å². The number of anilines is 2. The normalized spacial score (nSPS) is 10.1. The van der Waals surface area contributed by atoms with E-state index in [2.05, 4.69) is 14.9 Å². The lowest BCUT2D eigenvalue weighted by Gasteiger charge is -2.03. The fraction of sp³-hybridized carbons (Fsp3) is 0.100. The molecule has 5 nitrogen and oxygen atoms in total. The summed E-state index contributed by atoms with van der Waals surface area (Å²) in [5.74, 6) is -0.254. The molecule has 6 heteroatoms. The van der Waals surface area contributed by atoms with Gasteiger partial charge >= 0.3 is 0 Å². The summed E-state index contributed by atoms with van der Waals surface area (Å²) in [5, 5.41) is 6.48. The lowest BCUT2D eigenvalue weighted by atomic mass is 10.2. The summed E-state index contributed by atoms with van der Waals surface area (Å²) < 4.78 is 3.71. The summed E-state index contributed by atoms with van der Waals surface area (Å²) in [6.07, 6.45) is 0. The van der Waals surface area contributed by atoms with Gasteiger partial charge in [-0.05, 0) is 42.7 Å². The van der Waals surface area contributed by atoms with Crippen LogP contribution in [0.4, 0.5) is 11.4 Å². The summed E-state index contributed by atoms with van der Waals surface area (Å²) in [5.41, 5.74) is 7.25. The number of nitrogens with one attached hydrogen (secondary N) is 1. The lowest BCUT2D eigenvalue weighted by Crippen LogP contribution is -2.13. The highest BCUT2D eigenvalue weighted by molar-refractivity contribution is 7.05. The third kappa shape index (κ3) is 2.17. The van der Waals surface area contributed by atoms with Crippen molar-refractivity contribution in [3.63, 3.8) is 0 Å². The minimum absolute atomic E-state index is 0.254. The maximum absolute atomic E-state index is 11.7. The molecule has 0 radical (unpaired) electrons. The van der Waals surface area contributed by atoms with Gasteiger partial charge in [0.05, 0.1) is 4.88 Å². The van der Waals surface area contributed by atoms with Crippen LogP contribution in [-0.4, -0.2) is 15.5 Å². The Morgan fingerprint density at radius 2 is 2.06 bits per heavy atom. The molecule has 0 fully saturated rings. The van der Waals surface area contributed by atoms with Gasteiger partial charge in [0, 0.05) is 11.4 Å². The molecule has 0 aliphatic carbocycles. The predicted octanol–water partition coefficient (Wildman–Crippen LogP) is 1.68. The fourth-order valence-electron chi connectivity index (χ4n) is 1.20. The number of hydrogen-bond donors (Lipinski definition) is 2. The minimum Gasteiger partial charge on any atom is -0.399 e. The summed E-state index contributed by atoms with van der Waals surface area (Å²) in [6.45, 7) is 1.81. The first-order valence-corrected chi connectivity index (χ1v) is 5.40. The first-order chi connectivity index (χ1) is 7.66. The summed E-state index contributed by atoms with van der Waals surface area (Å²) in [4.78, 5) is 12.5. The predicted molar refractivity (Wildman–Crippen MR) is 63.5 cm³/mol. The van der Waals surface area contributed by atoms with Crippen LogP contribution in [0.5, 0.6) is 0 Å². The number of benzene rings is 1. The summed E-state index contributed by atoms with van der Waals surface area (Å²) in [6, 6.07) is 6.92. The molecule has 0 saturated carbocycles. The summed E-state index contributed by atoms with van der Waals surface area (Å²) in [7, 11) is 0. The molecule has 82 valence electrons. The van der Waals surface area contributed by atoms with Crippen LogP contribution < -0.4 is 11.1 Å². The van der Waals surface area contributed by atoms with E-state index >= 15 is 0 Å². The number of amides is 1. The highest BCUT2D eigenvalue weighted by atomic mass is 32.1. The van der Waals surface area contributed by atoms with Crippen molar-refractivity contribution in [1.82, 2.24) is 9.59 Å². The molecule has 1 amide bonds. The Balaban J connectivity index is 2.14. The van der Waals surface area contributed by atoms with E-state index in [0.717, 1.165) is 4.88 Å². The van der Waals surface area contributed by atoms with Crippen LogP contribution in [0.25, 0.3) is 0 Å². The third-order valence-electron chi connectivity index (χ3n) is 2.04. The largest absolute Gasteiger partial charge is 0.399 e. The third-order valence-corrected chi connectivity index (χ3v) is 2.67. The maximum Gasteiger partial charge on any atom is 0.277 e. The van der Waals surface area contributed by atoms with E-state index in [1.165, 1.54) is 11.5 Å². The van der Waals surface area contributed by atoms with Gasteiger partial charge in [-0.15, -0.1) is 5.10 Å². The number of nitrogen functional groups attached to an aromatic ring is 1. The molecule has 0 bridgehead atoms. The molecule has 1 heterocycles. The smallest absolute Gasteiger partial charge is 0.277 e. The van der Waals surface area contributed by atoms with Crippen molar-refractivity contribution in [3.8, 4) is 0 Å². The zero-order chi connectivity index (χ0) is 11.5. The average Bonchev–Trinajstić information content (AvgIpc) is 2.68. The Morgan fingerprint density at radius 1 is 1.38 bits per heavy atom. The Labute approximate surface area is 96.5 Å². The molecular formula is C10H10N4OS. The Kier molecular flexibility index (Phi) is 2.82. The quantitative estimate of drug-likeness (QED) is 0.775. The Bertz CT molecular complexity index is 506. The Hall–Kier alpha value is -1.95. The molecule has 0 unspecified atom stereocenters. The Morgan fingerprint density at radius 3 is 2.62 bits per heavy atom. The minimum atomic E-state index is -0.254. The van der Waals surface area contributed by atoms with Crippen molar-refractivity contribution in [2.75, 3.05) is 11.1 Å². The van der Waals surface area contributed by atoms with Crippen molar-refractivity contribution < 1.29 is 4.79 Å². The number of nitrogens with zero attached hydrogens (tertiary/aromatic N) is 2. The van der Waals surface area contributed by atoms with Crippen LogP contribution in [0.1, 0.15) is 15.4 Å². The topological polar surface area (TPSA) is 80.9 Å². The van der Waals surface area contributed by atoms with Crippen LogP contribution in [0.3, 0.4) is 0 Å².